The highest BCUT2D eigenvalue weighted by atomic mass is 16.5. The maximum atomic E-state index is 11.9. The second-order valence-corrected chi connectivity index (χ2v) is 6.61. The summed E-state index contributed by atoms with van der Waals surface area (Å²) in [6.45, 7) is 12.2. The summed E-state index contributed by atoms with van der Waals surface area (Å²) in [7, 11) is 1.86. The van der Waals surface area contributed by atoms with Gasteiger partial charge in [0.1, 0.15) is 0 Å². The quantitative estimate of drug-likeness (QED) is 0.706. The number of hydrogen-bond donors (Lipinski definition) is 0. The van der Waals surface area contributed by atoms with Crippen molar-refractivity contribution in [3.63, 3.8) is 0 Å². The smallest absolute Gasteiger partial charge is 0.224 e. The van der Waals surface area contributed by atoms with Crippen molar-refractivity contribution in [3.05, 3.63) is 0 Å². The Morgan fingerprint density at radius 2 is 2.14 bits per heavy atom. The van der Waals surface area contributed by atoms with Crippen LogP contribution in [0.2, 0.25) is 0 Å². The summed E-state index contributed by atoms with van der Waals surface area (Å²) in [5.41, 5.74) is 0. The Balaban J connectivity index is 2.39. The van der Waals surface area contributed by atoms with Crippen LogP contribution in [0.4, 0.5) is 0 Å². The fraction of sp³-hybridized carbons (Fsp3) is 0.833. The highest BCUT2D eigenvalue weighted by molar-refractivity contribution is 5.77. The standard InChI is InChI=1S/C18H32N2O2/c1-6-8-16(4)9-7-10-20-11-12-22-17(14-20)13-19(5)18(21)15(2)3/h15-17H,6,8,10-14H2,1-5H3/t16?,17-/m0/s1. The van der Waals surface area contributed by atoms with Crippen molar-refractivity contribution >= 4 is 5.91 Å². The first kappa shape index (κ1) is 19.0. The Morgan fingerprint density at radius 1 is 1.41 bits per heavy atom. The van der Waals surface area contributed by atoms with E-state index in [1.165, 1.54) is 12.8 Å². The van der Waals surface area contributed by atoms with E-state index in [1.54, 1.807) is 4.90 Å². The lowest BCUT2D eigenvalue weighted by molar-refractivity contribution is -0.136. The van der Waals surface area contributed by atoms with Gasteiger partial charge in [-0.2, -0.15) is 0 Å². The van der Waals surface area contributed by atoms with Crippen LogP contribution in [0.15, 0.2) is 0 Å². The van der Waals surface area contributed by atoms with E-state index in [0.29, 0.717) is 12.5 Å². The average Bonchev–Trinajstić information content (AvgIpc) is 2.47. The summed E-state index contributed by atoms with van der Waals surface area (Å²) in [6, 6.07) is 0. The Morgan fingerprint density at radius 3 is 2.77 bits per heavy atom. The molecule has 0 bridgehead atoms. The van der Waals surface area contributed by atoms with E-state index >= 15 is 0 Å². The van der Waals surface area contributed by atoms with Gasteiger partial charge in [-0.15, -0.1) is 0 Å². The third-order valence-corrected chi connectivity index (χ3v) is 3.94. The first-order chi connectivity index (χ1) is 10.4. The van der Waals surface area contributed by atoms with Gasteiger partial charge < -0.3 is 9.64 Å². The largest absolute Gasteiger partial charge is 0.374 e. The zero-order valence-electron chi connectivity index (χ0n) is 14.9. The summed E-state index contributed by atoms with van der Waals surface area (Å²) in [5.74, 6) is 7.31. The van der Waals surface area contributed by atoms with Crippen LogP contribution in [-0.4, -0.2) is 61.6 Å². The van der Waals surface area contributed by atoms with Crippen molar-refractivity contribution in [3.8, 4) is 11.8 Å². The van der Waals surface area contributed by atoms with E-state index in [-0.39, 0.29) is 17.9 Å². The van der Waals surface area contributed by atoms with Crippen LogP contribution in [0.3, 0.4) is 0 Å². The van der Waals surface area contributed by atoms with Crippen LogP contribution in [-0.2, 0) is 9.53 Å². The van der Waals surface area contributed by atoms with Crippen LogP contribution >= 0.6 is 0 Å². The molecule has 0 aliphatic carbocycles. The minimum Gasteiger partial charge on any atom is -0.374 e. The predicted octanol–water partition coefficient (Wildman–Crippen LogP) is 2.24. The normalized spacial score (nSPS) is 20.4. The monoisotopic (exact) mass is 308 g/mol. The maximum Gasteiger partial charge on any atom is 0.224 e. The molecule has 2 atom stereocenters. The SMILES string of the molecule is CCCC(C)C#CCN1CCO[C@@H](CN(C)C(=O)C(C)C)C1. The van der Waals surface area contributed by atoms with Gasteiger partial charge in [0.05, 0.1) is 19.3 Å². The van der Waals surface area contributed by atoms with Gasteiger partial charge in [0.15, 0.2) is 0 Å². The van der Waals surface area contributed by atoms with Gasteiger partial charge in [-0.3, -0.25) is 9.69 Å². The van der Waals surface area contributed by atoms with E-state index in [2.05, 4.69) is 30.6 Å². The summed E-state index contributed by atoms with van der Waals surface area (Å²) >= 11 is 0. The number of ether oxygens (including phenoxy) is 1. The second-order valence-electron chi connectivity index (χ2n) is 6.61. The van der Waals surface area contributed by atoms with Crippen molar-refractivity contribution in [1.29, 1.82) is 0 Å². The van der Waals surface area contributed by atoms with E-state index < -0.39 is 0 Å². The molecule has 4 heteroatoms. The number of nitrogens with zero attached hydrogens (tertiary/aromatic N) is 2. The van der Waals surface area contributed by atoms with Crippen LogP contribution in [0, 0.1) is 23.7 Å². The number of carbonyl (C=O) groups is 1. The molecule has 0 aromatic heterocycles. The summed E-state index contributed by atoms with van der Waals surface area (Å²) in [5, 5.41) is 0. The Kier molecular flexibility index (Phi) is 8.52. The molecule has 0 spiro atoms. The van der Waals surface area contributed by atoms with Crippen LogP contribution in [0.1, 0.15) is 40.5 Å². The number of likely N-dealkylation sites (N-methyl/N-ethyl adjacent to an activating group) is 1. The molecule has 0 aromatic rings. The van der Waals surface area contributed by atoms with Gasteiger partial charge in [-0.25, -0.2) is 0 Å². The number of amides is 1. The van der Waals surface area contributed by atoms with Crippen LogP contribution in [0.25, 0.3) is 0 Å². The summed E-state index contributed by atoms with van der Waals surface area (Å²) in [4.78, 5) is 16.1. The van der Waals surface area contributed by atoms with Gasteiger partial charge in [0.25, 0.3) is 0 Å². The maximum absolute atomic E-state index is 11.9. The molecule has 126 valence electrons. The van der Waals surface area contributed by atoms with Gasteiger partial charge in [-0.05, 0) is 6.42 Å². The number of rotatable bonds is 6. The van der Waals surface area contributed by atoms with Crippen LogP contribution in [0.5, 0.6) is 0 Å². The predicted molar refractivity (Wildman–Crippen MR) is 90.5 cm³/mol. The molecule has 0 aromatic carbocycles. The van der Waals surface area contributed by atoms with E-state index in [0.717, 1.165) is 26.2 Å². The molecule has 1 fully saturated rings. The minimum absolute atomic E-state index is 0.0376. The van der Waals surface area contributed by atoms with Gasteiger partial charge in [0.2, 0.25) is 5.91 Å². The molecule has 1 saturated heterocycles. The fourth-order valence-corrected chi connectivity index (χ4v) is 2.71. The lowest BCUT2D eigenvalue weighted by Crippen LogP contribution is -2.48. The third-order valence-electron chi connectivity index (χ3n) is 3.94. The first-order valence-corrected chi connectivity index (χ1v) is 8.51. The minimum atomic E-state index is 0.0376. The molecular weight excluding hydrogens is 276 g/mol. The third kappa shape index (κ3) is 6.81. The van der Waals surface area contributed by atoms with Crippen molar-refractivity contribution in [1.82, 2.24) is 9.80 Å². The first-order valence-electron chi connectivity index (χ1n) is 8.51. The molecule has 1 heterocycles. The zero-order valence-corrected chi connectivity index (χ0v) is 14.9. The fourth-order valence-electron chi connectivity index (χ4n) is 2.71. The number of morpholine rings is 1. The summed E-state index contributed by atoms with van der Waals surface area (Å²) < 4.78 is 5.79. The molecule has 0 N–H and O–H groups in total. The molecule has 4 nitrogen and oxygen atoms in total. The van der Waals surface area contributed by atoms with Gasteiger partial charge >= 0.3 is 0 Å². The second kappa shape index (κ2) is 9.86. The highest BCUT2D eigenvalue weighted by Crippen LogP contribution is 2.08. The molecule has 22 heavy (non-hydrogen) atoms. The molecule has 1 aliphatic rings. The van der Waals surface area contributed by atoms with E-state index in [4.69, 9.17) is 4.74 Å². The molecule has 1 amide bonds. The zero-order chi connectivity index (χ0) is 16.5. The Bertz CT molecular complexity index is 398. The number of carbonyl (C=O) groups excluding carboxylic acids is 1. The van der Waals surface area contributed by atoms with Crippen LogP contribution < -0.4 is 0 Å². The topological polar surface area (TPSA) is 32.8 Å². The number of hydrogen-bond acceptors (Lipinski definition) is 3. The summed E-state index contributed by atoms with van der Waals surface area (Å²) in [6.07, 6.45) is 2.45. The molecule has 1 rings (SSSR count). The lowest BCUT2D eigenvalue weighted by atomic mass is 10.1. The van der Waals surface area contributed by atoms with Crippen molar-refractivity contribution in [2.24, 2.45) is 11.8 Å². The molecule has 0 saturated carbocycles. The molecular formula is C18H32N2O2. The molecule has 1 aliphatic heterocycles. The van der Waals surface area contributed by atoms with E-state index in [9.17, 15) is 4.79 Å². The molecule has 0 radical (unpaired) electrons. The van der Waals surface area contributed by atoms with Crippen molar-refractivity contribution in [2.75, 3.05) is 39.8 Å². The van der Waals surface area contributed by atoms with Crippen molar-refractivity contribution in [2.45, 2.75) is 46.6 Å². The van der Waals surface area contributed by atoms with Crippen molar-refractivity contribution < 1.29 is 9.53 Å². The Labute approximate surface area is 136 Å². The van der Waals surface area contributed by atoms with E-state index in [1.807, 2.05) is 20.9 Å². The lowest BCUT2D eigenvalue weighted by Gasteiger charge is -2.34. The highest BCUT2D eigenvalue weighted by Gasteiger charge is 2.23. The molecule has 1 unspecified atom stereocenters. The average molecular weight is 308 g/mol. The van der Waals surface area contributed by atoms with Gasteiger partial charge in [0, 0.05) is 38.5 Å². The van der Waals surface area contributed by atoms with Gasteiger partial charge in [-0.1, -0.05) is 46.0 Å². The Hall–Kier alpha value is -1.05.